The van der Waals surface area contributed by atoms with Gasteiger partial charge in [-0.05, 0) is 19.2 Å². The van der Waals surface area contributed by atoms with Crippen LogP contribution in [0.2, 0.25) is 0 Å². The molecule has 1 aromatic heterocycles. The predicted octanol–water partition coefficient (Wildman–Crippen LogP) is -0.434. The summed E-state index contributed by atoms with van der Waals surface area (Å²) in [6.07, 6.45) is -0.508. The number of nitrogens with zero attached hydrogens (tertiary/aromatic N) is 5. The SMILES string of the molecule is CN1CCN(C(=O)Cn2nc3ccccc3n2)C[C@H](O)C1. The average Bonchev–Trinajstić information content (AvgIpc) is 2.76. The molecule has 0 bridgehead atoms. The van der Waals surface area contributed by atoms with Gasteiger partial charge in [0.2, 0.25) is 5.91 Å². The monoisotopic (exact) mass is 289 g/mol. The number of aliphatic hydroxyl groups is 1. The molecule has 21 heavy (non-hydrogen) atoms. The molecular weight excluding hydrogens is 270 g/mol. The van der Waals surface area contributed by atoms with Crippen molar-refractivity contribution >= 4 is 16.9 Å². The first-order chi connectivity index (χ1) is 10.1. The van der Waals surface area contributed by atoms with Crippen LogP contribution < -0.4 is 0 Å². The maximum atomic E-state index is 12.3. The number of β-amino-alcohol motifs (C(OH)–C–C–N with tert-alkyl or cyclic N) is 1. The van der Waals surface area contributed by atoms with Gasteiger partial charge in [-0.25, -0.2) is 0 Å². The minimum absolute atomic E-state index is 0.0651. The minimum Gasteiger partial charge on any atom is -0.390 e. The van der Waals surface area contributed by atoms with Crippen molar-refractivity contribution in [1.82, 2.24) is 24.8 Å². The zero-order chi connectivity index (χ0) is 14.8. The number of benzene rings is 1. The summed E-state index contributed by atoms with van der Waals surface area (Å²) >= 11 is 0. The molecule has 1 atom stereocenters. The van der Waals surface area contributed by atoms with Gasteiger partial charge in [-0.2, -0.15) is 15.0 Å². The van der Waals surface area contributed by atoms with E-state index in [-0.39, 0.29) is 12.5 Å². The number of carbonyl (C=O) groups is 1. The van der Waals surface area contributed by atoms with Gasteiger partial charge in [0.1, 0.15) is 17.6 Å². The first-order valence-corrected chi connectivity index (χ1v) is 7.06. The smallest absolute Gasteiger partial charge is 0.246 e. The van der Waals surface area contributed by atoms with Gasteiger partial charge in [0.25, 0.3) is 0 Å². The Balaban J connectivity index is 1.70. The van der Waals surface area contributed by atoms with E-state index in [0.29, 0.717) is 19.6 Å². The van der Waals surface area contributed by atoms with Gasteiger partial charge in [-0.3, -0.25) is 4.79 Å². The van der Waals surface area contributed by atoms with E-state index in [1.54, 1.807) is 4.90 Å². The maximum Gasteiger partial charge on any atom is 0.246 e. The molecular formula is C14H19N5O2. The Morgan fingerprint density at radius 1 is 1.24 bits per heavy atom. The van der Waals surface area contributed by atoms with Gasteiger partial charge in [-0.1, -0.05) is 12.1 Å². The molecule has 1 aliphatic rings. The van der Waals surface area contributed by atoms with Crippen LogP contribution in [0.4, 0.5) is 0 Å². The minimum atomic E-state index is -0.508. The molecule has 7 heteroatoms. The van der Waals surface area contributed by atoms with Crippen LogP contribution in [0.3, 0.4) is 0 Å². The fourth-order valence-corrected chi connectivity index (χ4v) is 2.57. The van der Waals surface area contributed by atoms with Crippen molar-refractivity contribution in [1.29, 1.82) is 0 Å². The second kappa shape index (κ2) is 5.79. The molecule has 1 amide bonds. The van der Waals surface area contributed by atoms with Crippen molar-refractivity contribution in [2.24, 2.45) is 0 Å². The lowest BCUT2D eigenvalue weighted by molar-refractivity contribution is -0.133. The van der Waals surface area contributed by atoms with Crippen LogP contribution >= 0.6 is 0 Å². The first kappa shape index (κ1) is 14.0. The van der Waals surface area contributed by atoms with Crippen LogP contribution in [0.25, 0.3) is 11.0 Å². The van der Waals surface area contributed by atoms with Crippen molar-refractivity contribution in [2.75, 3.05) is 33.2 Å². The second-order valence-corrected chi connectivity index (χ2v) is 5.47. The van der Waals surface area contributed by atoms with Gasteiger partial charge >= 0.3 is 0 Å². The summed E-state index contributed by atoms with van der Waals surface area (Å²) in [5.41, 5.74) is 1.56. The zero-order valence-corrected chi connectivity index (χ0v) is 12.0. The molecule has 2 aromatic rings. The Bertz CT molecular complexity index is 608. The molecule has 1 aromatic carbocycles. The molecule has 0 saturated carbocycles. The largest absolute Gasteiger partial charge is 0.390 e. The summed E-state index contributed by atoms with van der Waals surface area (Å²) in [6, 6.07) is 7.52. The lowest BCUT2D eigenvalue weighted by Crippen LogP contribution is -2.39. The number of aliphatic hydroxyl groups excluding tert-OH is 1. The Labute approximate surface area is 122 Å². The average molecular weight is 289 g/mol. The predicted molar refractivity (Wildman–Crippen MR) is 77.6 cm³/mol. The number of fused-ring (bicyclic) bond motifs is 1. The number of likely N-dealkylation sites (N-methyl/N-ethyl adjacent to an activating group) is 1. The van der Waals surface area contributed by atoms with Gasteiger partial charge < -0.3 is 14.9 Å². The molecule has 1 N–H and O–H groups in total. The Kier molecular flexibility index (Phi) is 3.85. The third-order valence-corrected chi connectivity index (χ3v) is 3.66. The zero-order valence-electron chi connectivity index (χ0n) is 12.0. The van der Waals surface area contributed by atoms with Crippen molar-refractivity contribution in [3.05, 3.63) is 24.3 Å². The second-order valence-electron chi connectivity index (χ2n) is 5.47. The molecule has 3 rings (SSSR count). The summed E-state index contributed by atoms with van der Waals surface area (Å²) in [6.45, 7) is 2.44. The number of hydrogen-bond donors (Lipinski definition) is 1. The lowest BCUT2D eigenvalue weighted by atomic mass is 10.3. The topological polar surface area (TPSA) is 74.5 Å². The van der Waals surface area contributed by atoms with Crippen molar-refractivity contribution in [2.45, 2.75) is 12.6 Å². The van der Waals surface area contributed by atoms with Crippen LogP contribution in [-0.2, 0) is 11.3 Å². The van der Waals surface area contributed by atoms with Gasteiger partial charge in [0, 0.05) is 26.2 Å². The summed E-state index contributed by atoms with van der Waals surface area (Å²) in [5.74, 6) is -0.0651. The van der Waals surface area contributed by atoms with E-state index in [0.717, 1.165) is 17.6 Å². The third-order valence-electron chi connectivity index (χ3n) is 3.66. The van der Waals surface area contributed by atoms with E-state index in [1.165, 1.54) is 4.80 Å². The summed E-state index contributed by atoms with van der Waals surface area (Å²) in [7, 11) is 1.94. The molecule has 0 radical (unpaired) electrons. The number of hydrogen-bond acceptors (Lipinski definition) is 5. The summed E-state index contributed by atoms with van der Waals surface area (Å²) in [4.78, 5) is 17.5. The molecule has 0 aliphatic carbocycles. The van der Waals surface area contributed by atoms with Crippen molar-refractivity contribution < 1.29 is 9.90 Å². The molecule has 2 heterocycles. The Hall–Kier alpha value is -1.99. The summed E-state index contributed by atoms with van der Waals surface area (Å²) < 4.78 is 0. The number of carbonyl (C=O) groups excluding carboxylic acids is 1. The highest BCUT2D eigenvalue weighted by Gasteiger charge is 2.23. The highest BCUT2D eigenvalue weighted by Crippen LogP contribution is 2.08. The van der Waals surface area contributed by atoms with E-state index < -0.39 is 6.10 Å². The highest BCUT2D eigenvalue weighted by molar-refractivity contribution is 5.77. The van der Waals surface area contributed by atoms with Gasteiger partial charge in [-0.15, -0.1) is 0 Å². The van der Waals surface area contributed by atoms with E-state index >= 15 is 0 Å². The molecule has 1 saturated heterocycles. The molecule has 1 fully saturated rings. The molecule has 7 nitrogen and oxygen atoms in total. The molecule has 112 valence electrons. The van der Waals surface area contributed by atoms with Crippen LogP contribution in [-0.4, -0.2) is 75.1 Å². The highest BCUT2D eigenvalue weighted by atomic mass is 16.3. The Morgan fingerprint density at radius 2 is 1.90 bits per heavy atom. The molecule has 1 aliphatic heterocycles. The fraction of sp³-hybridized carbons (Fsp3) is 0.500. The maximum absolute atomic E-state index is 12.3. The van der Waals surface area contributed by atoms with Gasteiger partial charge in [0.15, 0.2) is 0 Å². The van der Waals surface area contributed by atoms with Crippen molar-refractivity contribution in [3.8, 4) is 0 Å². The van der Waals surface area contributed by atoms with E-state index in [1.807, 2.05) is 36.2 Å². The van der Waals surface area contributed by atoms with Gasteiger partial charge in [0.05, 0.1) is 6.10 Å². The van der Waals surface area contributed by atoms with Crippen LogP contribution in [0.1, 0.15) is 0 Å². The number of rotatable bonds is 2. The normalized spacial score (nSPS) is 20.7. The quantitative estimate of drug-likeness (QED) is 0.812. The lowest BCUT2D eigenvalue weighted by Gasteiger charge is -2.21. The molecule has 0 unspecified atom stereocenters. The summed E-state index contributed by atoms with van der Waals surface area (Å²) in [5, 5.41) is 18.5. The third kappa shape index (κ3) is 3.20. The van der Waals surface area contributed by atoms with E-state index in [2.05, 4.69) is 10.2 Å². The van der Waals surface area contributed by atoms with E-state index in [4.69, 9.17) is 0 Å². The van der Waals surface area contributed by atoms with Crippen LogP contribution in [0, 0.1) is 0 Å². The van der Waals surface area contributed by atoms with Crippen molar-refractivity contribution in [3.63, 3.8) is 0 Å². The first-order valence-electron chi connectivity index (χ1n) is 7.06. The standard InChI is InChI=1S/C14H19N5O2/c1-17-6-7-18(9-11(20)8-17)14(21)10-19-15-12-4-2-3-5-13(12)16-19/h2-5,11,20H,6-10H2,1H3/t11-/m1/s1. The van der Waals surface area contributed by atoms with Crippen LogP contribution in [0.5, 0.6) is 0 Å². The van der Waals surface area contributed by atoms with Crippen LogP contribution in [0.15, 0.2) is 24.3 Å². The molecule has 0 spiro atoms. The van der Waals surface area contributed by atoms with E-state index in [9.17, 15) is 9.90 Å². The number of aromatic nitrogens is 3. The fourth-order valence-electron chi connectivity index (χ4n) is 2.57. The number of amides is 1. The Morgan fingerprint density at radius 3 is 2.57 bits per heavy atom.